The van der Waals surface area contributed by atoms with Crippen LogP contribution in [0.3, 0.4) is 0 Å². The molecule has 0 saturated carbocycles. The van der Waals surface area contributed by atoms with E-state index in [1.165, 1.54) is 40.3 Å². The lowest BCUT2D eigenvalue weighted by atomic mass is 9.97. The maximum Gasteiger partial charge on any atom is 0.317 e. The molecule has 744 valence electrons. The number of aliphatic hydroxyl groups is 1. The smallest absolute Gasteiger partial charge is 0.317 e. The number of aliphatic carboxylic acids is 4. The van der Waals surface area contributed by atoms with Crippen molar-refractivity contribution in [1.29, 1.82) is 0 Å². The van der Waals surface area contributed by atoms with Crippen LogP contribution in [0, 0.1) is 5.92 Å². The number of carboxylic acid groups (broad SMARTS) is 4. The molecule has 4 aromatic heterocycles. The van der Waals surface area contributed by atoms with Crippen LogP contribution in [0.2, 0.25) is 0 Å². The first-order valence-corrected chi connectivity index (χ1v) is 47.1. The molecule has 0 spiro atoms. The van der Waals surface area contributed by atoms with E-state index in [9.17, 15) is 73.5 Å². The Bertz CT molecular complexity index is 5550. The average molecular weight is 1960 g/mol. The Morgan fingerprint density at radius 1 is 0.471 bits per heavy atom. The molecule has 3 aliphatic rings. The first-order chi connectivity index (χ1) is 65.8. The highest BCUT2D eigenvalue weighted by atomic mass is 33.1. The van der Waals surface area contributed by atoms with Crippen LogP contribution in [0.1, 0.15) is 81.7 Å². The summed E-state index contributed by atoms with van der Waals surface area (Å²) in [7, 11) is 1.35. The number of H-pyrrole nitrogens is 4. The van der Waals surface area contributed by atoms with Crippen LogP contribution in [0.15, 0.2) is 104 Å². The molecule has 0 unspecified atom stereocenters. The summed E-state index contributed by atoms with van der Waals surface area (Å²) >= 11 is 0. The largest absolute Gasteiger partial charge is 0.481 e. The van der Waals surface area contributed by atoms with E-state index < -0.39 is 267 Å². The number of nitrogens with two attached hydrogens (primary N) is 3. The molecular formula is C88H116N24O24S2. The number of nitrogens with zero attached hydrogens (tertiary/aromatic N) is 6. The number of imidazole rings is 1. The van der Waals surface area contributed by atoms with Gasteiger partial charge in [-0.05, 0) is 60.6 Å². The predicted molar refractivity (Wildman–Crippen MR) is 498 cm³/mol. The summed E-state index contributed by atoms with van der Waals surface area (Å²) in [6.07, 6.45) is 1.05. The van der Waals surface area contributed by atoms with E-state index in [2.05, 4.69) is 83.4 Å². The fourth-order valence-corrected chi connectivity index (χ4v) is 18.7. The number of hydrogen-bond donors (Lipinski definition) is 23. The molecule has 3 aliphatic heterocycles. The van der Waals surface area contributed by atoms with Crippen molar-refractivity contribution in [2.24, 2.45) is 23.1 Å². The quantitative estimate of drug-likeness (QED) is 0.0163. The molecule has 0 aliphatic carbocycles. The number of hydrogen-bond acceptors (Lipinski definition) is 27. The summed E-state index contributed by atoms with van der Waals surface area (Å²) in [5.41, 5.74) is 20.6. The molecule has 14 atom stereocenters. The molecule has 48 nitrogen and oxygen atoms in total. The second kappa shape index (κ2) is 50.7. The van der Waals surface area contributed by atoms with Gasteiger partial charge in [0.05, 0.1) is 57.9 Å². The van der Waals surface area contributed by atoms with Gasteiger partial charge in [0, 0.05) is 159 Å². The fraction of sp³-hybridized carbons (Fsp3) is 0.477. The first-order valence-electron chi connectivity index (χ1n) is 44.6. The van der Waals surface area contributed by atoms with E-state index in [0.29, 0.717) is 77.4 Å². The average Bonchev–Trinajstić information content (AvgIpc) is 1.65. The van der Waals surface area contributed by atoms with Gasteiger partial charge < -0.3 is 126 Å². The molecule has 138 heavy (non-hydrogen) atoms. The Morgan fingerprint density at radius 2 is 0.906 bits per heavy atom. The van der Waals surface area contributed by atoms with E-state index >= 15 is 43.2 Å². The number of amides is 15. The van der Waals surface area contributed by atoms with E-state index in [4.69, 9.17) is 17.2 Å². The number of carbonyl (C=O) groups excluding carboxylic acids is 15. The number of nitrogens with one attached hydrogen (secondary N) is 15. The van der Waals surface area contributed by atoms with Crippen LogP contribution in [0.4, 0.5) is 0 Å². The zero-order valence-electron chi connectivity index (χ0n) is 75.8. The van der Waals surface area contributed by atoms with Crippen molar-refractivity contribution in [3.8, 4) is 0 Å². The van der Waals surface area contributed by atoms with Gasteiger partial charge in [0.25, 0.3) is 0 Å². The summed E-state index contributed by atoms with van der Waals surface area (Å²) in [4.78, 5) is 293. The number of fused-ring (bicyclic) bond motifs is 3. The number of aromatic nitrogens is 5. The standard InChI is InChI=1S/C88H116N24O24S2/c1-4-46(2)75(106-87(135)76(47(3)113)107-83(131)58(28-48-35-93-55-15-8-5-12-52(48)55)97-70(116)39-108-20-22-109(40-72(119)120)24-26-111(42-74(123)124)27-25-110(23-21-108)41-73(121)122)86(134)105-66-44-138-137-43-65(85(133)103-64(88(136)112-19-11-18-67(112)77(91)125)30-50-37-95-57-17-10-7-14-54(50)57)104-82(130)63(34-71(117)118)102-79(127)60(31-51-38-92-45-96-51)99-78(126)59(29-49-36-94-56-16-9-6-13-53(49)56)98-80(128)61(32-68(89)114)100-81(129)62(33-69(90)115)101-84(66)132/h5-10,12-17,35-38,45-47,58-67,75-76,93-95,113H,4,11,18-34,39-44H2,1-3H3,(H2,89,114)(H2,90,115)(H2,91,125)(H,92,96)(H,97,116)(H,98,128)(H,99,126)(H,100,129)(H,101,132)(H,102,127)(H,103,133)(H,104,130)(H,105,134)(H,106,135)(H,107,131)(H,117,118)(H,119,120)(H,121,122)(H,123,124)/t46-,47+,58-,59-,60-,61-,62-,63-,64-,65-,66-,67-,75-,76-/m0/s1. The number of benzene rings is 3. The van der Waals surface area contributed by atoms with Crippen molar-refractivity contribution in [3.63, 3.8) is 0 Å². The third-order valence-electron chi connectivity index (χ3n) is 23.8. The van der Waals surface area contributed by atoms with E-state index in [1.807, 2.05) is 0 Å². The van der Waals surface area contributed by atoms with Crippen LogP contribution in [-0.4, -0.2) is 363 Å². The highest BCUT2D eigenvalue weighted by Gasteiger charge is 2.43. The molecule has 3 fully saturated rings. The highest BCUT2D eigenvalue weighted by Crippen LogP contribution is 2.28. The maximum atomic E-state index is 15.5. The van der Waals surface area contributed by atoms with Crippen molar-refractivity contribution in [2.75, 3.05) is 96.6 Å². The van der Waals surface area contributed by atoms with E-state index in [1.54, 1.807) is 102 Å². The minimum Gasteiger partial charge on any atom is -0.481 e. The SMILES string of the molecule is CC[C@H](C)[C@H](NC(=O)[C@@H](NC(=O)[C@H](Cc1c[nH]c2ccccc12)NC(=O)CN1CCN(CC(=O)O)CCN(CC(=O)O)CCN(CC(=O)O)CC1)[C@@H](C)O)C(=O)N[C@H]1CSSC[C@@H](C(=O)N[C@@H](Cc2c[nH]c3ccccc23)C(=O)N2CCC[C@H]2C(N)=O)NC(=O)[C@H](CC(=O)O)NC(=O)[C@H](Cc2cnc[nH]2)NC(=O)[C@H](Cc2c[nH]c3ccccc23)NC(=O)[C@H](CC(N)=O)NC(=O)[C@H](CC(N)=O)NC1=O. The molecular weight excluding hydrogens is 1840 g/mol. The number of aliphatic hydroxyl groups excluding tert-OH is 1. The summed E-state index contributed by atoms with van der Waals surface area (Å²) in [5, 5.41) is 81.0. The topological polar surface area (TPSA) is 728 Å². The van der Waals surface area contributed by atoms with E-state index in [-0.39, 0.29) is 90.3 Å². The normalized spacial score (nSPS) is 21.4. The molecule has 50 heteroatoms. The van der Waals surface area contributed by atoms with Gasteiger partial charge in [-0.25, -0.2) is 4.98 Å². The Labute approximate surface area is 797 Å². The Kier molecular flexibility index (Phi) is 38.9. The summed E-state index contributed by atoms with van der Waals surface area (Å²) in [5.74, 6) is -24.9. The fourth-order valence-electron chi connectivity index (χ4n) is 16.3. The van der Waals surface area contributed by atoms with Gasteiger partial charge in [0.15, 0.2) is 0 Å². The van der Waals surface area contributed by atoms with Crippen LogP contribution in [0.5, 0.6) is 0 Å². The Morgan fingerprint density at radius 3 is 1.38 bits per heavy atom. The Balaban J connectivity index is 0.988. The second-order valence-electron chi connectivity index (χ2n) is 34.1. The number of likely N-dealkylation sites (tertiary alicyclic amines) is 1. The van der Waals surface area contributed by atoms with Gasteiger partial charge in [-0.15, -0.1) is 0 Å². The third kappa shape index (κ3) is 31.0. The zero-order valence-corrected chi connectivity index (χ0v) is 77.4. The molecule has 3 aromatic carbocycles. The van der Waals surface area contributed by atoms with Crippen molar-refractivity contribution >= 4 is 167 Å². The van der Waals surface area contributed by atoms with Gasteiger partial charge in [0.2, 0.25) is 88.6 Å². The molecule has 15 amide bonds. The molecule has 10 rings (SSSR count). The van der Waals surface area contributed by atoms with Crippen molar-refractivity contribution in [1.82, 2.24) is 108 Å². The van der Waals surface area contributed by atoms with Crippen LogP contribution >= 0.6 is 21.6 Å². The Hall–Kier alpha value is -14.1. The minimum absolute atomic E-state index is 0.00520. The highest BCUT2D eigenvalue weighted by molar-refractivity contribution is 8.76. The zero-order chi connectivity index (χ0) is 100. The minimum atomic E-state index is -2.15. The maximum absolute atomic E-state index is 15.5. The number of primary amides is 3. The molecule has 3 saturated heterocycles. The van der Waals surface area contributed by atoms with Crippen molar-refractivity contribution in [3.05, 3.63) is 126 Å². The lowest BCUT2D eigenvalue weighted by Gasteiger charge is -2.33. The third-order valence-corrected chi connectivity index (χ3v) is 26.2. The van der Waals surface area contributed by atoms with Gasteiger partial charge in [-0.1, -0.05) is 96.5 Å². The molecule has 0 bridgehead atoms. The number of carboxylic acids is 4. The second-order valence-corrected chi connectivity index (χ2v) is 36.6. The predicted octanol–water partition coefficient (Wildman–Crippen LogP) is -5.54. The number of rotatable bonds is 36. The summed E-state index contributed by atoms with van der Waals surface area (Å²) < 4.78 is 0. The van der Waals surface area contributed by atoms with Crippen molar-refractivity contribution < 1.29 is 117 Å². The molecule has 7 heterocycles. The van der Waals surface area contributed by atoms with Crippen LogP contribution < -0.4 is 75.7 Å². The van der Waals surface area contributed by atoms with Crippen LogP contribution in [-0.2, 0) is 117 Å². The summed E-state index contributed by atoms with van der Waals surface area (Å²) in [6, 6.07) is -1.36. The molecule has 7 aromatic rings. The monoisotopic (exact) mass is 1960 g/mol. The van der Waals surface area contributed by atoms with Gasteiger partial charge in [-0.3, -0.25) is 111 Å². The van der Waals surface area contributed by atoms with Crippen LogP contribution in [0.25, 0.3) is 32.7 Å². The molecule has 26 N–H and O–H groups in total. The number of para-hydroxylation sites is 3. The van der Waals surface area contributed by atoms with Gasteiger partial charge in [-0.2, -0.15) is 0 Å². The lowest BCUT2D eigenvalue weighted by molar-refractivity contribution is -0.142. The number of carbonyl (C=O) groups is 19. The summed E-state index contributed by atoms with van der Waals surface area (Å²) in [6.45, 7) is 2.68. The molecule has 0 radical (unpaired) electrons. The first kappa shape index (κ1) is 106. The number of aromatic amines is 4. The van der Waals surface area contributed by atoms with Gasteiger partial charge in [0.1, 0.15) is 72.5 Å². The van der Waals surface area contributed by atoms with E-state index in [0.717, 1.165) is 6.92 Å². The van der Waals surface area contributed by atoms with Gasteiger partial charge >= 0.3 is 23.9 Å². The lowest BCUT2D eigenvalue weighted by Crippen LogP contribution is -2.63. The van der Waals surface area contributed by atoms with Crippen molar-refractivity contribution in [2.45, 2.75) is 164 Å².